The predicted molar refractivity (Wildman–Crippen MR) is 96.5 cm³/mol. The van der Waals surface area contributed by atoms with Crippen molar-refractivity contribution in [3.63, 3.8) is 0 Å². The molecule has 0 aliphatic heterocycles. The summed E-state index contributed by atoms with van der Waals surface area (Å²) in [5.74, 6) is -0.772. The zero-order valence-corrected chi connectivity index (χ0v) is 13.5. The zero-order valence-electron chi connectivity index (χ0n) is 13.5. The number of anilines is 1. The normalized spacial score (nSPS) is 11.8. The van der Waals surface area contributed by atoms with Gasteiger partial charge in [-0.3, -0.25) is 4.79 Å². The first-order valence-electron chi connectivity index (χ1n) is 8.01. The summed E-state index contributed by atoms with van der Waals surface area (Å²) in [6.07, 6.45) is -1.20. The quantitative estimate of drug-likeness (QED) is 0.718. The van der Waals surface area contributed by atoms with Crippen molar-refractivity contribution in [3.05, 3.63) is 90.2 Å². The maximum Gasteiger partial charge on any atom is 0.227 e. The number of aliphatic hydroxyl groups excluding tert-OH is 1. The van der Waals surface area contributed by atoms with Gasteiger partial charge in [0.15, 0.2) is 0 Å². The number of aliphatic hydroxyl groups is 1. The van der Waals surface area contributed by atoms with Gasteiger partial charge in [0.25, 0.3) is 0 Å². The van der Waals surface area contributed by atoms with Crippen LogP contribution in [0.25, 0.3) is 11.1 Å². The van der Waals surface area contributed by atoms with Crippen molar-refractivity contribution in [2.75, 3.05) is 5.32 Å². The van der Waals surface area contributed by atoms with Gasteiger partial charge in [-0.05, 0) is 29.3 Å². The van der Waals surface area contributed by atoms with E-state index in [-0.39, 0.29) is 12.3 Å². The summed E-state index contributed by atoms with van der Waals surface area (Å²) < 4.78 is 13.2. The molecule has 4 heteroatoms. The molecular formula is C21H18FNO2. The molecule has 3 aromatic rings. The molecule has 0 fully saturated rings. The Morgan fingerprint density at radius 2 is 1.68 bits per heavy atom. The second-order valence-electron chi connectivity index (χ2n) is 5.73. The highest BCUT2D eigenvalue weighted by Crippen LogP contribution is 2.28. The van der Waals surface area contributed by atoms with E-state index in [1.807, 2.05) is 54.6 Å². The van der Waals surface area contributed by atoms with E-state index < -0.39 is 11.9 Å². The molecule has 25 heavy (non-hydrogen) atoms. The monoisotopic (exact) mass is 335 g/mol. The minimum atomic E-state index is -1.06. The first kappa shape index (κ1) is 16.9. The van der Waals surface area contributed by atoms with E-state index in [4.69, 9.17) is 0 Å². The van der Waals surface area contributed by atoms with Gasteiger partial charge in [0.05, 0.1) is 12.5 Å². The van der Waals surface area contributed by atoms with Gasteiger partial charge in [0, 0.05) is 11.3 Å². The molecule has 0 radical (unpaired) electrons. The number of para-hydroxylation sites is 1. The number of carbonyl (C=O) groups is 1. The van der Waals surface area contributed by atoms with Crippen LogP contribution in [0.3, 0.4) is 0 Å². The van der Waals surface area contributed by atoms with E-state index in [1.54, 1.807) is 6.07 Å². The lowest BCUT2D eigenvalue weighted by atomic mass is 10.0. The van der Waals surface area contributed by atoms with Crippen LogP contribution in [0.15, 0.2) is 78.9 Å². The molecule has 0 aromatic heterocycles. The van der Waals surface area contributed by atoms with E-state index in [0.29, 0.717) is 11.3 Å². The van der Waals surface area contributed by atoms with Gasteiger partial charge in [-0.1, -0.05) is 60.7 Å². The lowest BCUT2D eigenvalue weighted by Crippen LogP contribution is -2.16. The van der Waals surface area contributed by atoms with Crippen LogP contribution in [0.1, 0.15) is 18.1 Å². The second-order valence-corrected chi connectivity index (χ2v) is 5.73. The van der Waals surface area contributed by atoms with Gasteiger partial charge >= 0.3 is 0 Å². The average molecular weight is 335 g/mol. The molecule has 0 aliphatic rings. The van der Waals surface area contributed by atoms with Crippen LogP contribution >= 0.6 is 0 Å². The standard InChI is InChI=1S/C21H18FNO2/c22-17-10-6-9-16(13-17)20(24)14-21(25)23-19-12-5-4-11-18(19)15-7-2-1-3-8-15/h1-13,20,24H,14H2,(H,23,25). The number of halogens is 1. The van der Waals surface area contributed by atoms with Crippen molar-refractivity contribution >= 4 is 11.6 Å². The smallest absolute Gasteiger partial charge is 0.227 e. The SMILES string of the molecule is O=C(CC(O)c1cccc(F)c1)Nc1ccccc1-c1ccccc1. The Balaban J connectivity index is 1.74. The van der Waals surface area contributed by atoms with Crippen molar-refractivity contribution in [2.24, 2.45) is 0 Å². The number of hydrogen-bond donors (Lipinski definition) is 2. The zero-order chi connectivity index (χ0) is 17.6. The first-order chi connectivity index (χ1) is 12.1. The molecule has 0 aliphatic carbocycles. The van der Waals surface area contributed by atoms with Gasteiger partial charge in [-0.15, -0.1) is 0 Å². The van der Waals surface area contributed by atoms with E-state index in [9.17, 15) is 14.3 Å². The molecule has 0 spiro atoms. The minimum absolute atomic E-state index is 0.146. The molecule has 3 nitrogen and oxygen atoms in total. The molecule has 3 rings (SSSR count). The Hall–Kier alpha value is -2.98. The Kier molecular flexibility index (Phi) is 5.21. The van der Waals surface area contributed by atoms with Crippen LogP contribution in [0.5, 0.6) is 0 Å². The number of carbonyl (C=O) groups excluding carboxylic acids is 1. The van der Waals surface area contributed by atoms with Crippen LogP contribution in [-0.2, 0) is 4.79 Å². The third-order valence-corrected chi connectivity index (χ3v) is 3.90. The first-order valence-corrected chi connectivity index (χ1v) is 8.01. The lowest BCUT2D eigenvalue weighted by Gasteiger charge is -2.14. The Labute approximate surface area is 145 Å². The molecular weight excluding hydrogens is 317 g/mol. The van der Waals surface area contributed by atoms with Crippen molar-refractivity contribution in [3.8, 4) is 11.1 Å². The van der Waals surface area contributed by atoms with Crippen molar-refractivity contribution in [1.29, 1.82) is 0 Å². The van der Waals surface area contributed by atoms with Crippen LogP contribution in [-0.4, -0.2) is 11.0 Å². The highest BCUT2D eigenvalue weighted by molar-refractivity contribution is 5.95. The molecule has 0 saturated carbocycles. The van der Waals surface area contributed by atoms with Crippen molar-refractivity contribution in [2.45, 2.75) is 12.5 Å². The highest BCUT2D eigenvalue weighted by atomic mass is 19.1. The fourth-order valence-corrected chi connectivity index (χ4v) is 2.67. The molecule has 126 valence electrons. The lowest BCUT2D eigenvalue weighted by molar-refractivity contribution is -0.118. The minimum Gasteiger partial charge on any atom is -0.388 e. The van der Waals surface area contributed by atoms with Crippen molar-refractivity contribution in [1.82, 2.24) is 0 Å². The Morgan fingerprint density at radius 3 is 2.44 bits per heavy atom. The summed E-state index contributed by atoms with van der Waals surface area (Å²) in [5, 5.41) is 13.0. The van der Waals surface area contributed by atoms with Crippen LogP contribution in [0.4, 0.5) is 10.1 Å². The van der Waals surface area contributed by atoms with Gasteiger partial charge in [0.2, 0.25) is 5.91 Å². The largest absolute Gasteiger partial charge is 0.388 e. The molecule has 2 N–H and O–H groups in total. The Bertz CT molecular complexity index is 865. The average Bonchev–Trinajstić information content (AvgIpc) is 2.63. The molecule has 0 saturated heterocycles. The fourth-order valence-electron chi connectivity index (χ4n) is 2.67. The molecule has 0 heterocycles. The van der Waals surface area contributed by atoms with E-state index in [2.05, 4.69) is 5.32 Å². The number of benzene rings is 3. The van der Waals surface area contributed by atoms with Crippen LogP contribution < -0.4 is 5.32 Å². The van der Waals surface area contributed by atoms with E-state index in [1.165, 1.54) is 18.2 Å². The summed E-state index contributed by atoms with van der Waals surface area (Å²) >= 11 is 0. The van der Waals surface area contributed by atoms with Crippen LogP contribution in [0, 0.1) is 5.82 Å². The Morgan fingerprint density at radius 1 is 0.960 bits per heavy atom. The maximum absolute atomic E-state index is 13.2. The number of nitrogens with one attached hydrogen (secondary N) is 1. The molecule has 1 amide bonds. The second kappa shape index (κ2) is 7.73. The molecule has 0 bridgehead atoms. The summed E-state index contributed by atoms with van der Waals surface area (Å²) in [7, 11) is 0. The summed E-state index contributed by atoms with van der Waals surface area (Å²) in [6.45, 7) is 0. The van der Waals surface area contributed by atoms with Gasteiger partial charge in [-0.2, -0.15) is 0 Å². The van der Waals surface area contributed by atoms with Gasteiger partial charge < -0.3 is 10.4 Å². The maximum atomic E-state index is 13.2. The predicted octanol–water partition coefficient (Wildman–Crippen LogP) is 4.55. The number of amides is 1. The third-order valence-electron chi connectivity index (χ3n) is 3.90. The topological polar surface area (TPSA) is 49.3 Å². The van der Waals surface area contributed by atoms with Gasteiger partial charge in [0.1, 0.15) is 5.82 Å². The molecule has 1 unspecified atom stereocenters. The number of hydrogen-bond acceptors (Lipinski definition) is 2. The van der Waals surface area contributed by atoms with Crippen molar-refractivity contribution < 1.29 is 14.3 Å². The van der Waals surface area contributed by atoms with E-state index >= 15 is 0 Å². The summed E-state index contributed by atoms with van der Waals surface area (Å²) in [4.78, 5) is 12.3. The fraction of sp³-hybridized carbons (Fsp3) is 0.0952. The highest BCUT2D eigenvalue weighted by Gasteiger charge is 2.15. The van der Waals surface area contributed by atoms with E-state index in [0.717, 1.165) is 11.1 Å². The summed E-state index contributed by atoms with van der Waals surface area (Å²) in [5.41, 5.74) is 2.94. The third kappa shape index (κ3) is 4.31. The molecule has 1 atom stereocenters. The van der Waals surface area contributed by atoms with Crippen LogP contribution in [0.2, 0.25) is 0 Å². The van der Waals surface area contributed by atoms with Gasteiger partial charge in [-0.25, -0.2) is 4.39 Å². The number of rotatable bonds is 5. The summed E-state index contributed by atoms with van der Waals surface area (Å²) in [6, 6.07) is 22.8. The molecule has 3 aromatic carbocycles.